The van der Waals surface area contributed by atoms with Crippen molar-refractivity contribution in [2.75, 3.05) is 0 Å². The molecule has 1 aromatic rings. The largest absolute Gasteiger partial charge is 0.256 e. The normalized spacial score (nSPS) is 10.3. The number of imidazole rings is 1. The second-order valence-electron chi connectivity index (χ2n) is 4.07. The first-order valence-electron chi connectivity index (χ1n) is 6.27. The summed E-state index contributed by atoms with van der Waals surface area (Å²) < 4.78 is 4.66. The van der Waals surface area contributed by atoms with Gasteiger partial charge in [0.2, 0.25) is 0 Å². The number of hydrogen-bond donors (Lipinski definition) is 0. The Kier molecular flexibility index (Phi) is 5.63. The van der Waals surface area contributed by atoms with Gasteiger partial charge in [-0.2, -0.15) is 5.26 Å². The van der Waals surface area contributed by atoms with E-state index in [4.69, 9.17) is 5.26 Å². The number of nitriles is 1. The highest BCUT2D eigenvalue weighted by Gasteiger charge is 2.13. The molecule has 3 nitrogen and oxygen atoms in total. The van der Waals surface area contributed by atoms with Gasteiger partial charge in [-0.25, -0.2) is 9.13 Å². The van der Waals surface area contributed by atoms with Crippen molar-refractivity contribution in [1.29, 1.82) is 5.26 Å². The van der Waals surface area contributed by atoms with E-state index in [-0.39, 0.29) is 0 Å². The predicted molar refractivity (Wildman–Crippen MR) is 63.8 cm³/mol. The van der Waals surface area contributed by atoms with Crippen molar-refractivity contribution in [1.82, 2.24) is 4.57 Å². The Bertz CT molecular complexity index is 347. The van der Waals surface area contributed by atoms with E-state index in [2.05, 4.69) is 41.4 Å². The number of aromatic nitrogens is 2. The highest BCUT2D eigenvalue weighted by Crippen LogP contribution is 2.03. The molecule has 0 spiro atoms. The molecule has 0 bridgehead atoms. The lowest BCUT2D eigenvalue weighted by atomic mass is 10.2. The van der Waals surface area contributed by atoms with Crippen molar-refractivity contribution in [2.24, 2.45) is 0 Å². The number of unbranched alkanes of at least 4 members (excludes halogenated alkanes) is 2. The molecular weight excluding hydrogens is 198 g/mol. The molecule has 0 fully saturated rings. The Morgan fingerprint density at radius 2 is 2.19 bits per heavy atom. The van der Waals surface area contributed by atoms with Crippen molar-refractivity contribution in [2.45, 2.75) is 59.0 Å². The van der Waals surface area contributed by atoms with Crippen LogP contribution in [0.3, 0.4) is 0 Å². The van der Waals surface area contributed by atoms with Gasteiger partial charge in [-0.15, -0.1) is 0 Å². The van der Waals surface area contributed by atoms with Crippen LogP contribution in [0.4, 0.5) is 0 Å². The Hall–Kier alpha value is -1.30. The summed E-state index contributed by atoms with van der Waals surface area (Å²) in [6, 6.07) is 2.19. The van der Waals surface area contributed by atoms with Crippen molar-refractivity contribution in [3.05, 3.63) is 18.2 Å². The summed E-state index contributed by atoms with van der Waals surface area (Å²) in [5.41, 5.74) is 0. The van der Waals surface area contributed by atoms with E-state index in [1.54, 1.807) is 0 Å². The fourth-order valence-corrected chi connectivity index (χ4v) is 2.04. The van der Waals surface area contributed by atoms with Crippen LogP contribution in [0.15, 0.2) is 12.4 Å². The number of hydrogen-bond acceptors (Lipinski definition) is 1. The smallest absolute Gasteiger partial charge is 0.234 e. The van der Waals surface area contributed by atoms with Crippen molar-refractivity contribution >= 4 is 0 Å². The lowest BCUT2D eigenvalue weighted by Gasteiger charge is -2.01. The van der Waals surface area contributed by atoms with E-state index in [1.807, 2.05) is 0 Å². The van der Waals surface area contributed by atoms with Crippen molar-refractivity contribution < 1.29 is 4.57 Å². The number of aryl methyl sites for hydroxylation is 2. The molecule has 16 heavy (non-hydrogen) atoms. The first kappa shape index (κ1) is 12.8. The average molecular weight is 220 g/mol. The van der Waals surface area contributed by atoms with Gasteiger partial charge < -0.3 is 0 Å². The third kappa shape index (κ3) is 3.37. The molecule has 0 atom stereocenters. The van der Waals surface area contributed by atoms with Gasteiger partial charge in [0.25, 0.3) is 5.82 Å². The molecule has 0 aliphatic carbocycles. The zero-order valence-electron chi connectivity index (χ0n) is 10.4. The quantitative estimate of drug-likeness (QED) is 0.513. The van der Waals surface area contributed by atoms with Crippen LogP contribution in [0.2, 0.25) is 0 Å². The van der Waals surface area contributed by atoms with E-state index in [9.17, 15) is 0 Å². The second kappa shape index (κ2) is 7.05. The van der Waals surface area contributed by atoms with E-state index >= 15 is 0 Å². The summed E-state index contributed by atoms with van der Waals surface area (Å²) in [6.45, 7) is 6.56. The van der Waals surface area contributed by atoms with Gasteiger partial charge in [-0.05, 0) is 19.3 Å². The maximum Gasteiger partial charge on any atom is 0.256 e. The minimum Gasteiger partial charge on any atom is -0.234 e. The maximum atomic E-state index is 8.48. The maximum absolute atomic E-state index is 8.48. The van der Waals surface area contributed by atoms with Crippen molar-refractivity contribution in [3.63, 3.8) is 0 Å². The molecule has 0 amide bonds. The monoisotopic (exact) mass is 220 g/mol. The molecule has 0 aliphatic rings. The Morgan fingerprint density at radius 1 is 1.38 bits per heavy atom. The van der Waals surface area contributed by atoms with Crippen LogP contribution in [0.25, 0.3) is 0 Å². The van der Waals surface area contributed by atoms with Crippen LogP contribution >= 0.6 is 0 Å². The van der Waals surface area contributed by atoms with Gasteiger partial charge in [-0.1, -0.05) is 13.8 Å². The predicted octanol–water partition coefficient (Wildman–Crippen LogP) is 2.44. The third-order valence-electron chi connectivity index (χ3n) is 2.81. The molecule has 1 heterocycles. The van der Waals surface area contributed by atoms with Crippen LogP contribution in [-0.2, 0) is 19.5 Å². The summed E-state index contributed by atoms with van der Waals surface area (Å²) in [6.07, 6.45) is 9.37. The van der Waals surface area contributed by atoms with E-state index in [0.717, 1.165) is 32.4 Å². The first-order chi connectivity index (χ1) is 7.83. The fourth-order valence-electron chi connectivity index (χ4n) is 2.04. The summed E-state index contributed by atoms with van der Waals surface area (Å²) >= 11 is 0. The number of rotatable bonds is 7. The van der Waals surface area contributed by atoms with E-state index in [1.165, 1.54) is 12.2 Å². The van der Waals surface area contributed by atoms with Crippen LogP contribution in [0, 0.1) is 11.3 Å². The lowest BCUT2D eigenvalue weighted by Crippen LogP contribution is -2.36. The fraction of sp³-hybridized carbons (Fsp3) is 0.692. The molecule has 0 saturated heterocycles. The van der Waals surface area contributed by atoms with Gasteiger partial charge in [0.05, 0.1) is 19.2 Å². The molecule has 0 aromatic carbocycles. The van der Waals surface area contributed by atoms with E-state index in [0.29, 0.717) is 6.42 Å². The molecule has 0 aliphatic heterocycles. The Labute approximate surface area is 98.3 Å². The van der Waals surface area contributed by atoms with Crippen LogP contribution in [0.5, 0.6) is 0 Å². The summed E-state index contributed by atoms with van der Waals surface area (Å²) in [5.74, 6) is 1.40. The van der Waals surface area contributed by atoms with Crippen LogP contribution in [0.1, 0.15) is 45.4 Å². The highest BCUT2D eigenvalue weighted by molar-refractivity contribution is 4.83. The molecule has 1 aromatic heterocycles. The van der Waals surface area contributed by atoms with E-state index < -0.39 is 0 Å². The molecule has 1 rings (SSSR count). The molecule has 0 saturated carbocycles. The summed E-state index contributed by atoms with van der Waals surface area (Å²) in [4.78, 5) is 0. The first-order valence-corrected chi connectivity index (χ1v) is 6.27. The summed E-state index contributed by atoms with van der Waals surface area (Å²) in [7, 11) is 0. The Morgan fingerprint density at radius 3 is 2.81 bits per heavy atom. The molecule has 88 valence electrons. The Balaban J connectivity index is 2.55. The lowest BCUT2D eigenvalue weighted by molar-refractivity contribution is -0.703. The van der Waals surface area contributed by atoms with Gasteiger partial charge in [0.1, 0.15) is 12.4 Å². The minimum absolute atomic E-state index is 0.678. The third-order valence-corrected chi connectivity index (χ3v) is 2.81. The standard InChI is InChI=1S/C13H22N3/c1-3-9-15-11-12-16(13(15)4-2)10-7-5-6-8-14/h11-12H,3-7,9-10H2,1-2H3/q+1. The molecular formula is C13H22N3+. The van der Waals surface area contributed by atoms with Gasteiger partial charge in [0, 0.05) is 12.8 Å². The second-order valence-corrected chi connectivity index (χ2v) is 4.07. The average Bonchev–Trinajstić information content (AvgIpc) is 2.67. The van der Waals surface area contributed by atoms with Crippen molar-refractivity contribution in [3.8, 4) is 6.07 Å². The summed E-state index contributed by atoms with van der Waals surface area (Å²) in [5, 5.41) is 8.48. The van der Waals surface area contributed by atoms with Gasteiger partial charge in [-0.3, -0.25) is 0 Å². The minimum atomic E-state index is 0.678. The SMILES string of the molecule is CCC[n+]1ccn(CCCCC#N)c1CC. The van der Waals surface area contributed by atoms with Crippen LogP contribution < -0.4 is 4.57 Å². The van der Waals surface area contributed by atoms with Crippen LogP contribution in [-0.4, -0.2) is 4.57 Å². The molecule has 3 heteroatoms. The van der Waals surface area contributed by atoms with Gasteiger partial charge >= 0.3 is 0 Å². The number of nitrogens with zero attached hydrogens (tertiary/aromatic N) is 3. The molecule has 0 N–H and O–H groups in total. The zero-order chi connectivity index (χ0) is 11.8. The van der Waals surface area contributed by atoms with Gasteiger partial charge in [0.15, 0.2) is 0 Å². The molecule has 0 radical (unpaired) electrons. The zero-order valence-corrected chi connectivity index (χ0v) is 10.4. The highest BCUT2D eigenvalue weighted by atomic mass is 15.1. The molecule has 0 unspecified atom stereocenters. The topological polar surface area (TPSA) is 32.6 Å².